The third-order valence-corrected chi connectivity index (χ3v) is 5.37. The van der Waals surface area contributed by atoms with Crippen LogP contribution in [0.15, 0.2) is 41.3 Å². The Labute approximate surface area is 184 Å². The molecular formula is C21H21F6N3O3. The number of carbonyl (C=O) groups is 1. The highest BCUT2D eigenvalue weighted by Gasteiger charge is 2.37. The number of anilines is 1. The Kier molecular flexibility index (Phi) is 6.66. The van der Waals surface area contributed by atoms with E-state index in [1.807, 2.05) is 23.7 Å². The molecule has 0 aliphatic carbocycles. The molecule has 0 bridgehead atoms. The van der Waals surface area contributed by atoms with Gasteiger partial charge < -0.3 is 19.5 Å². The number of aromatic amines is 1. The summed E-state index contributed by atoms with van der Waals surface area (Å²) in [7, 11) is 0. The molecule has 1 atom stereocenters. The van der Waals surface area contributed by atoms with Crippen molar-refractivity contribution in [2.75, 3.05) is 24.5 Å². The van der Waals surface area contributed by atoms with Gasteiger partial charge in [0.15, 0.2) is 0 Å². The van der Waals surface area contributed by atoms with Crippen LogP contribution in [0.3, 0.4) is 0 Å². The van der Waals surface area contributed by atoms with Crippen LogP contribution in [0.4, 0.5) is 36.8 Å². The summed E-state index contributed by atoms with van der Waals surface area (Å²) in [5.41, 5.74) is -3.06. The number of H-pyrrole nitrogens is 1. The van der Waals surface area contributed by atoms with E-state index in [9.17, 15) is 35.9 Å². The van der Waals surface area contributed by atoms with E-state index in [4.69, 9.17) is 4.74 Å². The van der Waals surface area contributed by atoms with Crippen molar-refractivity contribution in [3.8, 4) is 5.75 Å². The number of pyridine rings is 1. The number of nitrogens with one attached hydrogen (secondary N) is 1. The monoisotopic (exact) mass is 477 g/mol. The first kappa shape index (κ1) is 24.5. The summed E-state index contributed by atoms with van der Waals surface area (Å²) in [4.78, 5) is 29.2. The van der Waals surface area contributed by atoms with Gasteiger partial charge in [-0.2, -0.15) is 26.3 Å². The summed E-state index contributed by atoms with van der Waals surface area (Å²) >= 11 is 0. The van der Waals surface area contributed by atoms with Gasteiger partial charge in [-0.15, -0.1) is 0 Å². The standard InChI is InChI=1S/C21H21F6N3O3/c1-12(2)17-11-29(14-5-3-13(4-6-14)20(22,23)24)7-8-30(17)19(32)33-15-9-16(21(25,26)27)18(31)28-10-15/h3-6,9-10,12,17H,7-8,11H2,1-2H3,(H,28,31). The number of nitrogens with zero attached hydrogens (tertiary/aromatic N) is 2. The molecule has 12 heteroatoms. The lowest BCUT2D eigenvalue weighted by molar-refractivity contribution is -0.139. The largest absolute Gasteiger partial charge is 0.421 e. The molecule has 6 nitrogen and oxygen atoms in total. The zero-order chi connectivity index (χ0) is 24.6. The third-order valence-electron chi connectivity index (χ3n) is 5.37. The fourth-order valence-corrected chi connectivity index (χ4v) is 3.60. The predicted molar refractivity (Wildman–Crippen MR) is 107 cm³/mol. The number of hydrogen-bond donors (Lipinski definition) is 1. The molecule has 2 aromatic rings. The minimum atomic E-state index is -4.91. The van der Waals surface area contributed by atoms with Gasteiger partial charge in [0.05, 0.1) is 11.6 Å². The quantitative estimate of drug-likeness (QED) is 0.648. The number of amides is 1. The number of carbonyl (C=O) groups excluding carboxylic acids is 1. The van der Waals surface area contributed by atoms with Crippen molar-refractivity contribution in [1.82, 2.24) is 9.88 Å². The Hall–Kier alpha value is -3.18. The molecule has 1 N–H and O–H groups in total. The lowest BCUT2D eigenvalue weighted by atomic mass is 9.99. The van der Waals surface area contributed by atoms with Crippen LogP contribution in [0.25, 0.3) is 0 Å². The Balaban J connectivity index is 1.75. The summed E-state index contributed by atoms with van der Waals surface area (Å²) in [6, 6.07) is 4.71. The van der Waals surface area contributed by atoms with Gasteiger partial charge in [-0.25, -0.2) is 4.79 Å². The molecule has 1 saturated heterocycles. The second-order valence-electron chi connectivity index (χ2n) is 7.94. The maximum atomic E-state index is 12.9. The van der Waals surface area contributed by atoms with E-state index in [0.717, 1.165) is 18.3 Å². The van der Waals surface area contributed by atoms with E-state index in [2.05, 4.69) is 0 Å². The topological polar surface area (TPSA) is 65.6 Å². The first-order chi connectivity index (χ1) is 15.3. The fourth-order valence-electron chi connectivity index (χ4n) is 3.60. The molecular weight excluding hydrogens is 456 g/mol. The summed E-state index contributed by atoms with van der Waals surface area (Å²) in [6.45, 7) is 4.38. The van der Waals surface area contributed by atoms with Crippen LogP contribution in [-0.4, -0.2) is 41.7 Å². The number of piperazine rings is 1. The summed E-state index contributed by atoms with van der Waals surface area (Å²) in [5.74, 6) is -0.546. The normalized spacial score (nSPS) is 17.4. The molecule has 1 aromatic carbocycles. The van der Waals surface area contributed by atoms with Crippen molar-refractivity contribution < 1.29 is 35.9 Å². The number of aromatic nitrogens is 1. The van der Waals surface area contributed by atoms with Crippen molar-refractivity contribution >= 4 is 11.8 Å². The summed E-state index contributed by atoms with van der Waals surface area (Å²) in [6.07, 6.45) is -9.38. The highest BCUT2D eigenvalue weighted by Crippen LogP contribution is 2.32. The van der Waals surface area contributed by atoms with Crippen molar-refractivity contribution in [2.24, 2.45) is 5.92 Å². The predicted octanol–water partition coefficient (Wildman–Crippen LogP) is 4.76. The van der Waals surface area contributed by atoms with Gasteiger partial charge in [-0.05, 0) is 30.2 Å². The number of rotatable bonds is 3. The molecule has 2 heterocycles. The minimum Gasteiger partial charge on any atom is -0.409 e. The van der Waals surface area contributed by atoms with Gasteiger partial charge in [0, 0.05) is 37.6 Å². The highest BCUT2D eigenvalue weighted by atomic mass is 19.4. The average Bonchev–Trinajstić information content (AvgIpc) is 2.73. The number of benzene rings is 1. The van der Waals surface area contributed by atoms with Crippen LogP contribution < -0.4 is 15.2 Å². The smallest absolute Gasteiger partial charge is 0.409 e. The lowest BCUT2D eigenvalue weighted by Gasteiger charge is -2.43. The third kappa shape index (κ3) is 5.60. The molecule has 3 rings (SSSR count). The van der Waals surface area contributed by atoms with Crippen molar-refractivity contribution in [3.63, 3.8) is 0 Å². The molecule has 0 radical (unpaired) electrons. The highest BCUT2D eigenvalue weighted by molar-refractivity contribution is 5.71. The van der Waals surface area contributed by atoms with Gasteiger partial charge in [0.2, 0.25) is 0 Å². The molecule has 1 aliphatic heterocycles. The Morgan fingerprint density at radius 3 is 2.24 bits per heavy atom. The second kappa shape index (κ2) is 8.99. The second-order valence-corrected chi connectivity index (χ2v) is 7.94. The number of hydrogen-bond acceptors (Lipinski definition) is 4. The van der Waals surface area contributed by atoms with E-state index in [-0.39, 0.29) is 25.6 Å². The number of ether oxygens (including phenoxy) is 1. The Bertz CT molecular complexity index is 1050. The Morgan fingerprint density at radius 1 is 1.06 bits per heavy atom. The van der Waals surface area contributed by atoms with Gasteiger partial charge in [0.25, 0.3) is 5.56 Å². The average molecular weight is 477 g/mol. The maximum absolute atomic E-state index is 12.9. The molecule has 1 aromatic heterocycles. The molecule has 1 amide bonds. The van der Waals surface area contributed by atoms with Crippen LogP contribution >= 0.6 is 0 Å². The molecule has 1 fully saturated rings. The van der Waals surface area contributed by atoms with E-state index in [1.54, 1.807) is 0 Å². The maximum Gasteiger partial charge on any atom is 0.421 e. The van der Waals surface area contributed by atoms with E-state index < -0.39 is 46.9 Å². The zero-order valence-electron chi connectivity index (χ0n) is 17.6. The zero-order valence-corrected chi connectivity index (χ0v) is 17.6. The molecule has 1 unspecified atom stereocenters. The van der Waals surface area contributed by atoms with Crippen molar-refractivity contribution in [1.29, 1.82) is 0 Å². The summed E-state index contributed by atoms with van der Waals surface area (Å²) in [5, 5.41) is 0. The van der Waals surface area contributed by atoms with E-state index in [0.29, 0.717) is 11.8 Å². The molecule has 1 aliphatic rings. The van der Waals surface area contributed by atoms with Crippen LogP contribution in [-0.2, 0) is 12.4 Å². The minimum absolute atomic E-state index is 0.0869. The molecule has 33 heavy (non-hydrogen) atoms. The van der Waals surface area contributed by atoms with Crippen LogP contribution in [0, 0.1) is 5.92 Å². The van der Waals surface area contributed by atoms with Crippen LogP contribution in [0.2, 0.25) is 0 Å². The van der Waals surface area contributed by atoms with E-state index >= 15 is 0 Å². The molecule has 0 saturated carbocycles. The van der Waals surface area contributed by atoms with Crippen LogP contribution in [0.1, 0.15) is 25.0 Å². The summed E-state index contributed by atoms with van der Waals surface area (Å²) < 4.78 is 82.3. The van der Waals surface area contributed by atoms with Crippen molar-refractivity contribution in [3.05, 3.63) is 58.0 Å². The Morgan fingerprint density at radius 2 is 1.70 bits per heavy atom. The van der Waals surface area contributed by atoms with Crippen LogP contribution in [0.5, 0.6) is 5.75 Å². The first-order valence-electron chi connectivity index (χ1n) is 9.98. The van der Waals surface area contributed by atoms with Crippen molar-refractivity contribution in [2.45, 2.75) is 32.2 Å². The van der Waals surface area contributed by atoms with Gasteiger partial charge in [-0.1, -0.05) is 13.8 Å². The van der Waals surface area contributed by atoms with E-state index in [1.165, 1.54) is 17.0 Å². The molecule has 0 spiro atoms. The number of halogens is 6. The van der Waals surface area contributed by atoms with Gasteiger partial charge in [-0.3, -0.25) is 4.79 Å². The number of alkyl halides is 6. The first-order valence-corrected chi connectivity index (χ1v) is 9.98. The SMILES string of the molecule is CC(C)C1CN(c2ccc(C(F)(F)F)cc2)CCN1C(=O)Oc1c[nH]c(=O)c(C(F)(F)F)c1. The lowest BCUT2D eigenvalue weighted by Crippen LogP contribution is -2.58. The molecule has 180 valence electrons. The fraction of sp³-hybridized carbons (Fsp3) is 0.429. The van der Waals surface area contributed by atoms with Gasteiger partial charge >= 0.3 is 18.4 Å². The van der Waals surface area contributed by atoms with Gasteiger partial charge in [0.1, 0.15) is 11.3 Å².